The zero-order valence-corrected chi connectivity index (χ0v) is 14.8. The van der Waals surface area contributed by atoms with Crippen LogP contribution in [0.4, 0.5) is 57.1 Å². The van der Waals surface area contributed by atoms with Crippen LogP contribution >= 0.6 is 0 Å². The average molecular weight is 448 g/mol. The third-order valence-corrected chi connectivity index (χ3v) is 4.03. The third kappa shape index (κ3) is 3.89. The molecule has 0 fully saturated rings. The summed E-state index contributed by atoms with van der Waals surface area (Å²) in [5.41, 5.74) is 0. The van der Waals surface area contributed by atoms with Gasteiger partial charge in [-0.1, -0.05) is 13.8 Å². The minimum Gasteiger partial charge on any atom is -0.378 e. The highest BCUT2D eigenvalue weighted by Gasteiger charge is 2.91. The molecule has 0 aliphatic carbocycles. The van der Waals surface area contributed by atoms with Crippen LogP contribution in [0.15, 0.2) is 0 Å². The van der Waals surface area contributed by atoms with Gasteiger partial charge in [-0.2, -0.15) is 57.1 Å². The summed E-state index contributed by atoms with van der Waals surface area (Å²) in [6.07, 6.45) is -9.38. The fourth-order valence-corrected chi connectivity index (χ4v) is 2.61. The SMILES string of the molecule is CCOC(C)C(C(C)C)C(F)(F)C(F)(F)C(F)(F)C(F)(F)C(F)(F)C(F)(F)F. The maximum Gasteiger partial charge on any atom is 0.460 e. The van der Waals surface area contributed by atoms with Gasteiger partial charge in [-0.25, -0.2) is 0 Å². The van der Waals surface area contributed by atoms with Crippen molar-refractivity contribution in [3.63, 3.8) is 0 Å². The van der Waals surface area contributed by atoms with E-state index in [2.05, 4.69) is 4.74 Å². The van der Waals surface area contributed by atoms with Crippen molar-refractivity contribution in [2.24, 2.45) is 11.8 Å². The molecule has 14 heteroatoms. The van der Waals surface area contributed by atoms with Crippen molar-refractivity contribution in [1.82, 2.24) is 0 Å². The summed E-state index contributed by atoms with van der Waals surface area (Å²) in [5.74, 6) is -41.4. The fourth-order valence-electron chi connectivity index (χ4n) is 2.61. The quantitative estimate of drug-likeness (QED) is 0.370. The van der Waals surface area contributed by atoms with Gasteiger partial charge in [-0.3, -0.25) is 0 Å². The van der Waals surface area contributed by atoms with E-state index in [-0.39, 0.29) is 0 Å². The van der Waals surface area contributed by atoms with Gasteiger partial charge in [0.15, 0.2) is 0 Å². The predicted molar refractivity (Wildman–Crippen MR) is 70.2 cm³/mol. The van der Waals surface area contributed by atoms with Crippen molar-refractivity contribution in [1.29, 1.82) is 0 Å². The van der Waals surface area contributed by atoms with Gasteiger partial charge >= 0.3 is 35.8 Å². The van der Waals surface area contributed by atoms with Crippen LogP contribution in [0.25, 0.3) is 0 Å². The van der Waals surface area contributed by atoms with Crippen molar-refractivity contribution in [3.8, 4) is 0 Å². The van der Waals surface area contributed by atoms with Crippen LogP contribution in [0.1, 0.15) is 27.7 Å². The van der Waals surface area contributed by atoms with E-state index in [0.29, 0.717) is 6.92 Å². The molecule has 0 amide bonds. The summed E-state index contributed by atoms with van der Waals surface area (Å²) in [5, 5.41) is 0. The summed E-state index contributed by atoms with van der Waals surface area (Å²) in [6, 6.07) is 0. The molecule has 0 radical (unpaired) electrons. The maximum atomic E-state index is 14.2. The highest BCUT2D eigenvalue weighted by Crippen LogP contribution is 2.62. The van der Waals surface area contributed by atoms with E-state index < -0.39 is 60.3 Å². The molecule has 0 spiro atoms. The zero-order valence-electron chi connectivity index (χ0n) is 14.8. The van der Waals surface area contributed by atoms with E-state index in [4.69, 9.17) is 0 Å². The van der Waals surface area contributed by atoms with E-state index in [0.717, 1.165) is 13.8 Å². The Morgan fingerprint density at radius 1 is 0.607 bits per heavy atom. The number of alkyl halides is 13. The summed E-state index contributed by atoms with van der Waals surface area (Å²) >= 11 is 0. The van der Waals surface area contributed by atoms with Crippen LogP contribution in [0.5, 0.6) is 0 Å². The van der Waals surface area contributed by atoms with Crippen LogP contribution in [-0.2, 0) is 4.74 Å². The minimum absolute atomic E-state index is 0.398. The van der Waals surface area contributed by atoms with Crippen molar-refractivity contribution < 1.29 is 61.8 Å². The second-order valence-corrected chi connectivity index (χ2v) is 6.35. The first-order chi connectivity index (χ1) is 12.1. The van der Waals surface area contributed by atoms with E-state index in [1.807, 2.05) is 0 Å². The lowest BCUT2D eigenvalue weighted by molar-refractivity contribution is -0.445. The normalized spacial score (nSPS) is 17.8. The fraction of sp³-hybridized carbons (Fsp3) is 1.00. The van der Waals surface area contributed by atoms with Crippen molar-refractivity contribution >= 4 is 0 Å². The topological polar surface area (TPSA) is 9.23 Å². The Morgan fingerprint density at radius 3 is 1.25 bits per heavy atom. The molecule has 0 aromatic carbocycles. The summed E-state index contributed by atoms with van der Waals surface area (Å²) in [6.45, 7) is 3.09. The molecular weight excluding hydrogens is 431 g/mol. The highest BCUT2D eigenvalue weighted by molar-refractivity contribution is 5.12. The monoisotopic (exact) mass is 448 g/mol. The lowest BCUT2D eigenvalue weighted by Gasteiger charge is -2.43. The van der Waals surface area contributed by atoms with Gasteiger partial charge in [0.1, 0.15) is 0 Å². The van der Waals surface area contributed by atoms with E-state index in [9.17, 15) is 57.1 Å². The Labute approximate surface area is 151 Å². The molecule has 170 valence electrons. The first kappa shape index (κ1) is 27.0. The zero-order chi connectivity index (χ0) is 23.1. The van der Waals surface area contributed by atoms with Crippen LogP contribution in [0.2, 0.25) is 0 Å². The average Bonchev–Trinajstić information content (AvgIpc) is 2.44. The number of hydrogen-bond donors (Lipinski definition) is 0. The number of halogens is 13. The molecule has 2 atom stereocenters. The molecule has 0 N–H and O–H groups in total. The second kappa shape index (κ2) is 7.71. The molecule has 28 heavy (non-hydrogen) atoms. The van der Waals surface area contributed by atoms with E-state index in [1.54, 1.807) is 0 Å². The van der Waals surface area contributed by atoms with E-state index >= 15 is 0 Å². The smallest absolute Gasteiger partial charge is 0.378 e. The summed E-state index contributed by atoms with van der Waals surface area (Å²) in [4.78, 5) is 0. The molecule has 1 nitrogen and oxygen atoms in total. The maximum absolute atomic E-state index is 14.2. The van der Waals surface area contributed by atoms with Crippen LogP contribution in [0, 0.1) is 11.8 Å². The lowest BCUT2D eigenvalue weighted by atomic mass is 9.79. The van der Waals surface area contributed by atoms with Crippen molar-refractivity contribution in [2.75, 3.05) is 6.61 Å². The Balaban J connectivity index is 6.51. The highest BCUT2D eigenvalue weighted by atomic mass is 19.4. The Kier molecular flexibility index (Phi) is 7.45. The van der Waals surface area contributed by atoms with E-state index in [1.165, 1.54) is 6.92 Å². The molecule has 0 saturated heterocycles. The lowest BCUT2D eigenvalue weighted by Crippen LogP contribution is -2.71. The van der Waals surface area contributed by atoms with Crippen LogP contribution < -0.4 is 0 Å². The molecule has 0 heterocycles. The van der Waals surface area contributed by atoms with Gasteiger partial charge in [0.2, 0.25) is 0 Å². The van der Waals surface area contributed by atoms with Gasteiger partial charge in [-0.05, 0) is 19.8 Å². The summed E-state index contributed by atoms with van der Waals surface area (Å²) < 4.78 is 176. The largest absolute Gasteiger partial charge is 0.460 e. The summed E-state index contributed by atoms with van der Waals surface area (Å²) in [7, 11) is 0. The molecule has 0 aromatic rings. The molecule has 0 bridgehead atoms. The van der Waals surface area contributed by atoms with Gasteiger partial charge in [0.25, 0.3) is 0 Å². The first-order valence-corrected chi connectivity index (χ1v) is 7.63. The molecular formula is C14H17F13O. The molecule has 0 rings (SSSR count). The van der Waals surface area contributed by atoms with Crippen LogP contribution in [0.3, 0.4) is 0 Å². The van der Waals surface area contributed by atoms with Gasteiger partial charge in [0.05, 0.1) is 12.0 Å². The third-order valence-electron chi connectivity index (χ3n) is 4.03. The number of ether oxygens (including phenoxy) is 1. The molecule has 0 aliphatic rings. The molecule has 0 saturated carbocycles. The van der Waals surface area contributed by atoms with Crippen LogP contribution in [-0.4, -0.2) is 48.5 Å². The number of rotatable bonds is 9. The van der Waals surface area contributed by atoms with Gasteiger partial charge in [0, 0.05) is 6.61 Å². The second-order valence-electron chi connectivity index (χ2n) is 6.35. The predicted octanol–water partition coefficient (Wildman–Crippen LogP) is 6.42. The molecule has 0 aliphatic heterocycles. The number of hydrogen-bond acceptors (Lipinski definition) is 1. The first-order valence-electron chi connectivity index (χ1n) is 7.63. The Morgan fingerprint density at radius 2 is 0.964 bits per heavy atom. The standard InChI is InChI=1S/C14H17F13O/c1-5-28-7(4)8(6(2)3)9(15,16)10(17,18)11(19,20)12(21,22)13(23,24)14(25,26)27/h6-8H,5H2,1-4H3. The molecule has 0 aromatic heterocycles. The van der Waals surface area contributed by atoms with Crippen molar-refractivity contribution in [3.05, 3.63) is 0 Å². The van der Waals surface area contributed by atoms with Crippen molar-refractivity contribution in [2.45, 2.75) is 69.6 Å². The Hall–Kier alpha value is -0.950. The Bertz CT molecular complexity index is 524. The minimum atomic E-state index is -7.89. The molecule has 2 unspecified atom stereocenters. The van der Waals surface area contributed by atoms with Gasteiger partial charge < -0.3 is 4.74 Å². The van der Waals surface area contributed by atoms with Gasteiger partial charge in [-0.15, -0.1) is 0 Å².